The zero-order valence-corrected chi connectivity index (χ0v) is 22.3. The van der Waals surface area contributed by atoms with E-state index in [1.807, 2.05) is 45.3 Å². The normalized spacial score (nSPS) is 13.4. The number of halogens is 3. The minimum atomic E-state index is -2.58. The van der Waals surface area contributed by atoms with Crippen LogP contribution in [0, 0.1) is 23.1 Å². The van der Waals surface area contributed by atoms with Crippen molar-refractivity contribution in [2.75, 3.05) is 18.0 Å². The van der Waals surface area contributed by atoms with Gasteiger partial charge >= 0.3 is 5.97 Å². The first kappa shape index (κ1) is 26.5. The molecule has 6 rings (SSSR count). The van der Waals surface area contributed by atoms with E-state index >= 15 is 0 Å². The lowest BCUT2D eigenvalue weighted by Crippen LogP contribution is -2.50. The molecule has 1 aromatic heterocycles. The second-order valence-electron chi connectivity index (χ2n) is 9.79. The molecule has 41 heavy (non-hydrogen) atoms. The van der Waals surface area contributed by atoms with E-state index in [1.54, 1.807) is 30.3 Å². The molecule has 9 heteroatoms. The number of nitriles is 1. The summed E-state index contributed by atoms with van der Waals surface area (Å²) in [6.07, 6.45) is -2.58. The van der Waals surface area contributed by atoms with Crippen molar-refractivity contribution >= 4 is 34.5 Å². The summed E-state index contributed by atoms with van der Waals surface area (Å²) in [5, 5.41) is 19.9. The third-order valence-corrected chi connectivity index (χ3v) is 8.29. The van der Waals surface area contributed by atoms with Crippen molar-refractivity contribution in [1.29, 1.82) is 5.26 Å². The molecule has 0 radical (unpaired) electrons. The molecule has 1 aliphatic rings. The van der Waals surface area contributed by atoms with Gasteiger partial charge in [0.15, 0.2) is 0 Å². The van der Waals surface area contributed by atoms with Crippen LogP contribution in [0.5, 0.6) is 0 Å². The summed E-state index contributed by atoms with van der Waals surface area (Å²) in [4.78, 5) is 14.1. The summed E-state index contributed by atoms with van der Waals surface area (Å²) in [6.45, 7) is 0.782. The number of rotatable bonds is 7. The average molecular weight is 570 g/mol. The summed E-state index contributed by atoms with van der Waals surface area (Å²) >= 11 is 1.31. The molecule has 0 bridgehead atoms. The van der Waals surface area contributed by atoms with Gasteiger partial charge in [-0.25, -0.2) is 13.2 Å². The lowest BCUT2D eigenvalue weighted by molar-refractivity contribution is -0.142. The topological polar surface area (TPSA) is 69.3 Å². The summed E-state index contributed by atoms with van der Waals surface area (Å²) in [5.41, 5.74) is 4.64. The van der Waals surface area contributed by atoms with Crippen molar-refractivity contribution in [3.05, 3.63) is 108 Å². The molecule has 0 amide bonds. The number of benzene rings is 4. The van der Waals surface area contributed by atoms with E-state index in [4.69, 9.17) is 0 Å². The highest BCUT2D eigenvalue weighted by Crippen LogP contribution is 2.46. The molecule has 0 aliphatic carbocycles. The van der Waals surface area contributed by atoms with Crippen LogP contribution in [0.15, 0.2) is 95.9 Å². The van der Waals surface area contributed by atoms with Gasteiger partial charge in [0, 0.05) is 51.3 Å². The highest BCUT2D eigenvalue weighted by atomic mass is 32.2. The van der Waals surface area contributed by atoms with Crippen LogP contribution in [-0.4, -0.2) is 28.1 Å². The van der Waals surface area contributed by atoms with Crippen LogP contribution in [0.1, 0.15) is 17.6 Å². The number of hydrogen-bond acceptors (Lipinski definition) is 4. The summed E-state index contributed by atoms with van der Waals surface area (Å²) < 4.78 is 43.1. The van der Waals surface area contributed by atoms with Gasteiger partial charge in [0.25, 0.3) is 6.43 Å². The lowest BCUT2D eigenvalue weighted by Gasteiger charge is -2.38. The monoisotopic (exact) mass is 569 g/mol. The number of carboxylic acid groups (broad SMARTS) is 1. The summed E-state index contributed by atoms with van der Waals surface area (Å²) in [6, 6.07) is 27.5. The second kappa shape index (κ2) is 10.7. The third kappa shape index (κ3) is 4.92. The van der Waals surface area contributed by atoms with Crippen LogP contribution in [0.4, 0.5) is 18.9 Å². The molecular weight excluding hydrogens is 547 g/mol. The molecule has 4 aromatic carbocycles. The Morgan fingerprint density at radius 2 is 1.73 bits per heavy atom. The van der Waals surface area contributed by atoms with Gasteiger partial charge in [0.1, 0.15) is 5.82 Å². The largest absolute Gasteiger partial charge is 0.481 e. The predicted molar refractivity (Wildman–Crippen MR) is 153 cm³/mol. The molecule has 5 nitrogen and oxygen atoms in total. The SMILES string of the molecule is N#Cc1ccccc1-c1c(-c2cccc(N3CC(C(=O)O)C3)c2)n(Sc2ccc(C(F)F)cc2)c2ccc(F)cc12. The zero-order valence-electron chi connectivity index (χ0n) is 21.5. The Labute approximate surface area is 238 Å². The number of aromatic nitrogens is 1. The van der Waals surface area contributed by atoms with Gasteiger partial charge in [0.2, 0.25) is 0 Å². The van der Waals surface area contributed by atoms with E-state index in [0.717, 1.165) is 11.3 Å². The van der Waals surface area contributed by atoms with E-state index in [-0.39, 0.29) is 5.56 Å². The van der Waals surface area contributed by atoms with E-state index < -0.39 is 24.1 Å². The average Bonchev–Trinajstić information content (AvgIpc) is 3.25. The number of carbonyl (C=O) groups is 1. The van der Waals surface area contributed by atoms with Gasteiger partial charge in [-0.2, -0.15) is 5.26 Å². The van der Waals surface area contributed by atoms with Gasteiger partial charge in [-0.1, -0.05) is 42.5 Å². The van der Waals surface area contributed by atoms with Crippen LogP contribution in [0.3, 0.4) is 0 Å². The fourth-order valence-corrected chi connectivity index (χ4v) is 6.15. The standard InChI is InChI=1S/C32H22F3N3O2S/c33-23-10-13-28-27(15-23)29(26-7-2-1-4-21(26)16-36)30(38(28)41-25-11-8-19(9-12-25)31(34)35)20-5-3-6-24(14-20)37-17-22(18-37)32(39)40/h1-15,22,31H,17-18H2,(H,39,40). The van der Waals surface area contributed by atoms with Crippen molar-refractivity contribution in [2.24, 2.45) is 5.92 Å². The second-order valence-corrected chi connectivity index (χ2v) is 10.8. The van der Waals surface area contributed by atoms with Crippen LogP contribution < -0.4 is 4.90 Å². The van der Waals surface area contributed by atoms with Gasteiger partial charge in [-0.15, -0.1) is 0 Å². The molecule has 0 atom stereocenters. The molecule has 1 fully saturated rings. The first-order valence-electron chi connectivity index (χ1n) is 12.8. The van der Waals surface area contributed by atoms with Gasteiger partial charge in [0.05, 0.1) is 28.8 Å². The zero-order chi connectivity index (χ0) is 28.7. The van der Waals surface area contributed by atoms with Crippen molar-refractivity contribution in [2.45, 2.75) is 11.3 Å². The molecule has 1 saturated heterocycles. The minimum absolute atomic E-state index is 0.0837. The number of alkyl halides is 2. The maximum atomic E-state index is 14.7. The first-order chi connectivity index (χ1) is 19.8. The van der Waals surface area contributed by atoms with Crippen molar-refractivity contribution < 1.29 is 23.1 Å². The maximum absolute atomic E-state index is 14.7. The number of fused-ring (bicyclic) bond motifs is 1. The van der Waals surface area contributed by atoms with Gasteiger partial charge in [-0.05, 0) is 60.5 Å². The van der Waals surface area contributed by atoms with E-state index in [2.05, 4.69) is 6.07 Å². The minimum Gasteiger partial charge on any atom is -0.481 e. The number of anilines is 1. The molecule has 1 aliphatic heterocycles. The van der Waals surface area contributed by atoms with Crippen LogP contribution in [-0.2, 0) is 4.79 Å². The molecule has 0 spiro atoms. The fraction of sp³-hybridized carbons (Fsp3) is 0.125. The Bertz CT molecular complexity index is 1820. The Morgan fingerprint density at radius 3 is 2.44 bits per heavy atom. The number of carboxylic acids is 1. The quantitative estimate of drug-likeness (QED) is 0.215. The van der Waals surface area contributed by atoms with E-state index in [0.29, 0.717) is 51.3 Å². The molecule has 0 saturated carbocycles. The predicted octanol–water partition coefficient (Wildman–Crippen LogP) is 8.00. The Morgan fingerprint density at radius 1 is 0.976 bits per heavy atom. The first-order valence-corrected chi connectivity index (χ1v) is 13.6. The van der Waals surface area contributed by atoms with E-state index in [9.17, 15) is 28.3 Å². The highest BCUT2D eigenvalue weighted by molar-refractivity contribution is 7.98. The molecule has 5 aromatic rings. The Balaban J connectivity index is 1.58. The molecule has 0 unspecified atom stereocenters. The highest BCUT2D eigenvalue weighted by Gasteiger charge is 2.33. The Kier molecular flexibility index (Phi) is 6.93. The smallest absolute Gasteiger partial charge is 0.310 e. The summed E-state index contributed by atoms with van der Waals surface area (Å²) in [5.74, 6) is -1.70. The van der Waals surface area contributed by atoms with Crippen LogP contribution in [0.25, 0.3) is 33.3 Å². The summed E-state index contributed by atoms with van der Waals surface area (Å²) in [7, 11) is 0. The number of hydrogen-bond donors (Lipinski definition) is 1. The Hall–Kier alpha value is -4.68. The van der Waals surface area contributed by atoms with Crippen LogP contribution in [0.2, 0.25) is 0 Å². The third-order valence-electron chi connectivity index (χ3n) is 7.25. The van der Waals surface area contributed by atoms with Crippen LogP contribution >= 0.6 is 11.9 Å². The fourth-order valence-electron chi connectivity index (χ4n) is 5.14. The number of nitrogens with zero attached hydrogens (tertiary/aromatic N) is 3. The van der Waals surface area contributed by atoms with Crippen molar-refractivity contribution in [3.8, 4) is 28.5 Å². The van der Waals surface area contributed by atoms with Gasteiger partial charge in [-0.3, -0.25) is 8.77 Å². The van der Waals surface area contributed by atoms with E-state index in [1.165, 1.54) is 36.2 Å². The number of aliphatic carboxylic acids is 1. The molecule has 1 N–H and O–H groups in total. The van der Waals surface area contributed by atoms with Crippen molar-refractivity contribution in [3.63, 3.8) is 0 Å². The molecule has 2 heterocycles. The molecule has 204 valence electrons. The lowest BCUT2D eigenvalue weighted by atomic mass is 9.94. The molecular formula is C32H22F3N3O2S. The van der Waals surface area contributed by atoms with Crippen molar-refractivity contribution in [1.82, 2.24) is 3.97 Å². The van der Waals surface area contributed by atoms with Gasteiger partial charge < -0.3 is 10.0 Å². The maximum Gasteiger partial charge on any atom is 0.310 e.